The zero-order valence-electron chi connectivity index (χ0n) is 14.3. The summed E-state index contributed by atoms with van der Waals surface area (Å²) in [5, 5.41) is -0.0992. The lowest BCUT2D eigenvalue weighted by atomic mass is 9.89. The van der Waals surface area contributed by atoms with Gasteiger partial charge in [0.1, 0.15) is 5.76 Å². The molecule has 1 nitrogen and oxygen atoms in total. The lowest BCUT2D eigenvalue weighted by molar-refractivity contribution is -0.0356. The van der Waals surface area contributed by atoms with Crippen molar-refractivity contribution < 1.29 is 13.2 Å². The smallest absolute Gasteiger partial charge is 0.305 e. The maximum atomic E-state index is 14.7. The summed E-state index contributed by atoms with van der Waals surface area (Å²) >= 11 is 0. The number of alkyl halides is 2. The van der Waals surface area contributed by atoms with Gasteiger partial charge in [-0.25, -0.2) is 0 Å². The summed E-state index contributed by atoms with van der Waals surface area (Å²) in [6.07, 6.45) is 1.64. The van der Waals surface area contributed by atoms with Crippen molar-refractivity contribution in [2.24, 2.45) is 5.92 Å². The third kappa shape index (κ3) is 2.98. The molecule has 0 aliphatic heterocycles. The second-order valence-corrected chi connectivity index (χ2v) is 12.5. The fraction of sp³-hybridized carbons (Fsp3) is 0.556. The Morgan fingerprint density at radius 3 is 2.14 bits per heavy atom. The van der Waals surface area contributed by atoms with Gasteiger partial charge in [0.2, 0.25) is 8.32 Å². The van der Waals surface area contributed by atoms with Gasteiger partial charge in [-0.05, 0) is 29.8 Å². The van der Waals surface area contributed by atoms with Crippen LogP contribution in [0, 0.1) is 5.92 Å². The summed E-state index contributed by atoms with van der Waals surface area (Å²) in [5.74, 6) is -4.11. The summed E-state index contributed by atoms with van der Waals surface area (Å²) in [5.41, 5.74) is 0.920. The topological polar surface area (TPSA) is 9.23 Å². The molecule has 122 valence electrons. The summed E-state index contributed by atoms with van der Waals surface area (Å²) in [4.78, 5) is 0. The number of allylic oxidation sites excluding steroid dienone is 2. The molecule has 2 atom stereocenters. The number of rotatable bonds is 3. The van der Waals surface area contributed by atoms with Gasteiger partial charge in [0.25, 0.3) is 0 Å². The van der Waals surface area contributed by atoms with Crippen LogP contribution in [0.3, 0.4) is 0 Å². The summed E-state index contributed by atoms with van der Waals surface area (Å²) in [7, 11) is -2.27. The lowest BCUT2D eigenvalue weighted by Crippen LogP contribution is -2.43. The molecular formula is C18H26F2OSi. The zero-order valence-corrected chi connectivity index (χ0v) is 15.3. The Morgan fingerprint density at radius 2 is 1.64 bits per heavy atom. The van der Waals surface area contributed by atoms with E-state index in [1.54, 1.807) is 13.0 Å². The van der Waals surface area contributed by atoms with Crippen LogP contribution in [0.4, 0.5) is 8.78 Å². The fourth-order valence-electron chi connectivity index (χ4n) is 2.46. The van der Waals surface area contributed by atoms with Crippen molar-refractivity contribution >= 4 is 8.32 Å². The van der Waals surface area contributed by atoms with Gasteiger partial charge in [-0.3, -0.25) is 0 Å². The molecule has 0 heterocycles. The number of benzene rings is 1. The second kappa shape index (κ2) is 5.48. The minimum Gasteiger partial charge on any atom is -0.542 e. The lowest BCUT2D eigenvalue weighted by Gasteiger charge is -2.38. The van der Waals surface area contributed by atoms with E-state index < -0.39 is 20.2 Å². The Labute approximate surface area is 133 Å². The van der Waals surface area contributed by atoms with Crippen LogP contribution < -0.4 is 0 Å². The monoisotopic (exact) mass is 324 g/mol. The first-order valence-electron chi connectivity index (χ1n) is 7.81. The van der Waals surface area contributed by atoms with E-state index in [9.17, 15) is 8.78 Å². The molecule has 0 unspecified atom stereocenters. The van der Waals surface area contributed by atoms with Crippen LogP contribution in [0.2, 0.25) is 18.1 Å². The van der Waals surface area contributed by atoms with E-state index in [0.717, 1.165) is 5.56 Å². The quantitative estimate of drug-likeness (QED) is 0.623. The highest BCUT2D eigenvalue weighted by molar-refractivity contribution is 6.74. The maximum absolute atomic E-state index is 14.7. The minimum absolute atomic E-state index is 0.0992. The van der Waals surface area contributed by atoms with Gasteiger partial charge < -0.3 is 4.43 Å². The van der Waals surface area contributed by atoms with Crippen LogP contribution >= 0.6 is 0 Å². The molecule has 0 saturated carbocycles. The standard InChI is InChI=1S/C18H26F2OSi/c1-13-15(14-10-8-7-9-11-14)12-16(18(13,19)20)21-22(5,6)17(2,3)4/h7-13,15H,1-6H3/t13-,15+/m1/s1. The Hall–Kier alpha value is -1.16. The molecule has 0 fully saturated rings. The molecular weight excluding hydrogens is 298 g/mol. The maximum Gasteiger partial charge on any atom is 0.305 e. The molecule has 1 aliphatic carbocycles. The molecule has 0 spiro atoms. The molecule has 1 aromatic carbocycles. The molecule has 0 saturated heterocycles. The Kier molecular flexibility index (Phi) is 4.28. The van der Waals surface area contributed by atoms with Crippen LogP contribution in [0.1, 0.15) is 39.2 Å². The third-order valence-electron chi connectivity index (χ3n) is 5.13. The number of halogens is 2. The number of hydrogen-bond donors (Lipinski definition) is 0. The summed E-state index contributed by atoms with van der Waals surface area (Å²) in [6, 6.07) is 9.49. The molecule has 0 amide bonds. The highest BCUT2D eigenvalue weighted by Gasteiger charge is 2.53. The van der Waals surface area contributed by atoms with Crippen molar-refractivity contribution in [3.63, 3.8) is 0 Å². The number of hydrogen-bond acceptors (Lipinski definition) is 1. The average Bonchev–Trinajstić information content (AvgIpc) is 2.62. The van der Waals surface area contributed by atoms with Crippen molar-refractivity contribution in [1.82, 2.24) is 0 Å². The molecule has 2 rings (SSSR count). The van der Waals surface area contributed by atoms with E-state index in [0.29, 0.717) is 0 Å². The highest BCUT2D eigenvalue weighted by atomic mass is 28.4. The van der Waals surface area contributed by atoms with Crippen molar-refractivity contribution in [1.29, 1.82) is 0 Å². The Bertz CT molecular complexity index is 558. The Morgan fingerprint density at radius 1 is 1.09 bits per heavy atom. The van der Waals surface area contributed by atoms with E-state index in [1.807, 2.05) is 43.4 Å². The highest BCUT2D eigenvalue weighted by Crippen LogP contribution is 2.51. The van der Waals surface area contributed by atoms with E-state index >= 15 is 0 Å². The van der Waals surface area contributed by atoms with E-state index in [-0.39, 0.29) is 16.7 Å². The SMILES string of the molecule is C[C@@H]1[C@@H](c2ccccc2)C=C(O[Si](C)(C)C(C)(C)C)C1(F)F. The predicted octanol–water partition coefficient (Wildman–Crippen LogP) is 5.96. The van der Waals surface area contributed by atoms with Gasteiger partial charge in [-0.1, -0.05) is 58.0 Å². The van der Waals surface area contributed by atoms with Crippen LogP contribution in [-0.4, -0.2) is 14.2 Å². The molecule has 0 radical (unpaired) electrons. The molecule has 1 aromatic rings. The van der Waals surface area contributed by atoms with Gasteiger partial charge in [-0.2, -0.15) is 8.78 Å². The minimum atomic E-state index is -2.91. The fourth-order valence-corrected chi connectivity index (χ4v) is 3.52. The van der Waals surface area contributed by atoms with Gasteiger partial charge in [-0.15, -0.1) is 0 Å². The largest absolute Gasteiger partial charge is 0.542 e. The summed E-state index contributed by atoms with van der Waals surface area (Å²) in [6.45, 7) is 11.8. The van der Waals surface area contributed by atoms with Crippen molar-refractivity contribution in [2.45, 2.75) is 57.7 Å². The molecule has 0 aromatic heterocycles. The van der Waals surface area contributed by atoms with Crippen LogP contribution in [-0.2, 0) is 4.43 Å². The first kappa shape index (κ1) is 17.2. The third-order valence-corrected chi connectivity index (χ3v) is 9.47. The van der Waals surface area contributed by atoms with Crippen LogP contribution in [0.25, 0.3) is 0 Å². The van der Waals surface area contributed by atoms with Gasteiger partial charge in [0, 0.05) is 11.8 Å². The zero-order chi connectivity index (χ0) is 16.8. The van der Waals surface area contributed by atoms with Gasteiger partial charge >= 0.3 is 5.92 Å². The second-order valence-electron chi connectivity index (χ2n) is 7.74. The van der Waals surface area contributed by atoms with Crippen molar-refractivity contribution in [3.05, 3.63) is 47.7 Å². The average molecular weight is 324 g/mol. The van der Waals surface area contributed by atoms with E-state index in [4.69, 9.17) is 4.43 Å². The van der Waals surface area contributed by atoms with Crippen LogP contribution in [0.15, 0.2) is 42.2 Å². The first-order valence-corrected chi connectivity index (χ1v) is 10.7. The van der Waals surface area contributed by atoms with Gasteiger partial charge in [0.15, 0.2) is 0 Å². The predicted molar refractivity (Wildman–Crippen MR) is 89.7 cm³/mol. The van der Waals surface area contributed by atoms with Crippen molar-refractivity contribution in [2.75, 3.05) is 0 Å². The van der Waals surface area contributed by atoms with E-state index in [1.165, 1.54) is 0 Å². The van der Waals surface area contributed by atoms with Crippen LogP contribution in [0.5, 0.6) is 0 Å². The first-order chi connectivity index (χ1) is 9.97. The van der Waals surface area contributed by atoms with Gasteiger partial charge in [0.05, 0.1) is 0 Å². The Balaban J connectivity index is 2.34. The molecule has 0 N–H and O–H groups in total. The molecule has 0 bridgehead atoms. The van der Waals surface area contributed by atoms with Crippen molar-refractivity contribution in [3.8, 4) is 0 Å². The molecule has 1 aliphatic rings. The molecule has 4 heteroatoms. The normalized spacial score (nSPS) is 25.0. The van der Waals surface area contributed by atoms with E-state index in [2.05, 4.69) is 20.8 Å². The summed E-state index contributed by atoms with van der Waals surface area (Å²) < 4.78 is 35.3. The molecule has 22 heavy (non-hydrogen) atoms.